The van der Waals surface area contributed by atoms with Gasteiger partial charge in [-0.2, -0.15) is 0 Å². The number of amides is 1. The summed E-state index contributed by atoms with van der Waals surface area (Å²) in [7, 11) is 0. The molecule has 0 radical (unpaired) electrons. The molecule has 0 spiro atoms. The van der Waals surface area contributed by atoms with Crippen molar-refractivity contribution in [2.45, 2.75) is 20.0 Å². The van der Waals surface area contributed by atoms with Gasteiger partial charge in [0.2, 0.25) is 0 Å². The second kappa shape index (κ2) is 8.14. The monoisotopic (exact) mass is 389 g/mol. The molecule has 0 atom stereocenters. The third-order valence-electron chi connectivity index (χ3n) is 4.35. The number of pyridine rings is 1. The van der Waals surface area contributed by atoms with E-state index >= 15 is 0 Å². The normalized spacial score (nSPS) is 10.8. The Morgan fingerprint density at radius 1 is 1.14 bits per heavy atom. The lowest BCUT2D eigenvalue weighted by Gasteiger charge is -2.06. The maximum absolute atomic E-state index is 12.5. The van der Waals surface area contributed by atoms with E-state index in [4.69, 9.17) is 0 Å². The second-order valence-electron chi connectivity index (χ2n) is 6.38. The number of nitrogens with one attached hydrogen (secondary N) is 1. The van der Waals surface area contributed by atoms with Gasteiger partial charge in [0, 0.05) is 47.3 Å². The largest absolute Gasteiger partial charge is 0.347 e. The highest BCUT2D eigenvalue weighted by Crippen LogP contribution is 2.27. The van der Waals surface area contributed by atoms with Crippen LogP contribution in [0.2, 0.25) is 0 Å². The molecule has 0 saturated heterocycles. The summed E-state index contributed by atoms with van der Waals surface area (Å²) in [5.41, 5.74) is 3.68. The number of imidazole rings is 1. The topological polar surface area (TPSA) is 72.7 Å². The van der Waals surface area contributed by atoms with Gasteiger partial charge in [-0.05, 0) is 36.8 Å². The predicted molar refractivity (Wildman–Crippen MR) is 109 cm³/mol. The molecule has 3 heterocycles. The second-order valence-corrected chi connectivity index (χ2v) is 7.47. The van der Waals surface area contributed by atoms with Crippen LogP contribution in [0.25, 0.3) is 10.6 Å². The van der Waals surface area contributed by atoms with Crippen LogP contribution in [0, 0.1) is 6.92 Å². The molecule has 0 unspecified atom stereocenters. The smallest absolute Gasteiger partial charge is 0.251 e. The van der Waals surface area contributed by atoms with Crippen molar-refractivity contribution in [3.8, 4) is 10.6 Å². The van der Waals surface area contributed by atoms with Crippen molar-refractivity contribution < 1.29 is 4.79 Å². The quantitative estimate of drug-likeness (QED) is 0.546. The number of carbonyl (C=O) groups is 1. The Morgan fingerprint density at radius 2 is 2.00 bits per heavy atom. The first-order valence-corrected chi connectivity index (χ1v) is 9.70. The summed E-state index contributed by atoms with van der Waals surface area (Å²) in [6.07, 6.45) is 8.98. The molecule has 0 aliphatic heterocycles. The maximum atomic E-state index is 12.5. The first-order chi connectivity index (χ1) is 13.7. The van der Waals surface area contributed by atoms with Gasteiger partial charge in [-0.3, -0.25) is 9.78 Å². The molecular formula is C21H19N5OS. The van der Waals surface area contributed by atoms with E-state index in [1.54, 1.807) is 36.3 Å². The van der Waals surface area contributed by atoms with Crippen molar-refractivity contribution in [3.05, 3.63) is 89.2 Å². The Bertz CT molecular complexity index is 1060. The number of nitrogens with zero attached hydrogens (tertiary/aromatic N) is 4. The van der Waals surface area contributed by atoms with Crippen LogP contribution in [0.5, 0.6) is 0 Å². The maximum Gasteiger partial charge on any atom is 0.251 e. The van der Waals surface area contributed by atoms with Crippen molar-refractivity contribution in [2.75, 3.05) is 0 Å². The van der Waals surface area contributed by atoms with Crippen molar-refractivity contribution in [3.63, 3.8) is 0 Å². The standard InChI is InChI=1S/C21H19N5OS/c1-15-19(28-21(25-15)18-3-2-8-22-11-18)12-24-20(27)17-6-4-16(5-7-17)13-26-10-9-23-14-26/h2-11,14H,12-13H2,1H3,(H,24,27). The van der Waals surface area contributed by atoms with Gasteiger partial charge >= 0.3 is 0 Å². The van der Waals surface area contributed by atoms with Crippen LogP contribution in [-0.4, -0.2) is 25.4 Å². The van der Waals surface area contributed by atoms with Gasteiger partial charge in [-0.25, -0.2) is 9.97 Å². The first-order valence-electron chi connectivity index (χ1n) is 8.88. The van der Waals surface area contributed by atoms with E-state index in [0.717, 1.165) is 33.3 Å². The van der Waals surface area contributed by atoms with Crippen molar-refractivity contribution >= 4 is 17.2 Å². The van der Waals surface area contributed by atoms with Gasteiger partial charge in [-0.1, -0.05) is 12.1 Å². The van der Waals surface area contributed by atoms with E-state index in [1.807, 2.05) is 54.1 Å². The zero-order valence-corrected chi connectivity index (χ0v) is 16.2. The highest BCUT2D eigenvalue weighted by atomic mass is 32.1. The molecular weight excluding hydrogens is 370 g/mol. The number of hydrogen-bond acceptors (Lipinski definition) is 5. The van der Waals surface area contributed by atoms with E-state index in [2.05, 4.69) is 20.3 Å². The van der Waals surface area contributed by atoms with E-state index < -0.39 is 0 Å². The summed E-state index contributed by atoms with van der Waals surface area (Å²) in [6, 6.07) is 11.5. The average molecular weight is 389 g/mol. The molecule has 28 heavy (non-hydrogen) atoms. The average Bonchev–Trinajstić information content (AvgIpc) is 3.37. The van der Waals surface area contributed by atoms with Crippen molar-refractivity contribution in [1.82, 2.24) is 24.8 Å². The summed E-state index contributed by atoms with van der Waals surface area (Å²) in [5, 5.41) is 3.90. The van der Waals surface area contributed by atoms with Crippen LogP contribution in [0.1, 0.15) is 26.5 Å². The minimum absolute atomic E-state index is 0.0927. The van der Waals surface area contributed by atoms with Crippen LogP contribution in [0.3, 0.4) is 0 Å². The van der Waals surface area contributed by atoms with Crippen LogP contribution < -0.4 is 5.32 Å². The fourth-order valence-electron chi connectivity index (χ4n) is 2.82. The van der Waals surface area contributed by atoms with Crippen LogP contribution >= 0.6 is 11.3 Å². The summed E-state index contributed by atoms with van der Waals surface area (Å²) in [6.45, 7) is 3.15. The van der Waals surface area contributed by atoms with E-state index in [9.17, 15) is 4.79 Å². The molecule has 1 aromatic carbocycles. The van der Waals surface area contributed by atoms with Crippen LogP contribution in [-0.2, 0) is 13.1 Å². The van der Waals surface area contributed by atoms with Gasteiger partial charge in [0.25, 0.3) is 5.91 Å². The van der Waals surface area contributed by atoms with Crippen molar-refractivity contribution in [2.24, 2.45) is 0 Å². The molecule has 4 rings (SSSR count). The van der Waals surface area contributed by atoms with Crippen LogP contribution in [0.4, 0.5) is 0 Å². The van der Waals surface area contributed by atoms with E-state index in [0.29, 0.717) is 12.1 Å². The zero-order valence-electron chi connectivity index (χ0n) is 15.4. The SMILES string of the molecule is Cc1nc(-c2cccnc2)sc1CNC(=O)c1ccc(Cn2ccnc2)cc1. The third-order valence-corrected chi connectivity index (χ3v) is 5.56. The van der Waals surface area contributed by atoms with Gasteiger partial charge < -0.3 is 9.88 Å². The van der Waals surface area contributed by atoms with E-state index in [-0.39, 0.29) is 5.91 Å². The molecule has 6 nitrogen and oxygen atoms in total. The Kier molecular flexibility index (Phi) is 5.25. The van der Waals surface area contributed by atoms with Gasteiger partial charge in [-0.15, -0.1) is 11.3 Å². The molecule has 7 heteroatoms. The fraction of sp³-hybridized carbons (Fsp3) is 0.143. The van der Waals surface area contributed by atoms with Crippen molar-refractivity contribution in [1.29, 1.82) is 0 Å². The molecule has 0 saturated carbocycles. The molecule has 4 aromatic rings. The summed E-state index contributed by atoms with van der Waals surface area (Å²) in [4.78, 5) is 26.3. The first kappa shape index (κ1) is 18.1. The minimum atomic E-state index is -0.0927. The number of aryl methyl sites for hydroxylation is 1. The lowest BCUT2D eigenvalue weighted by Crippen LogP contribution is -2.22. The minimum Gasteiger partial charge on any atom is -0.347 e. The molecule has 1 N–H and O–H groups in total. The highest BCUT2D eigenvalue weighted by Gasteiger charge is 2.12. The molecule has 3 aromatic heterocycles. The molecule has 140 valence electrons. The Morgan fingerprint density at radius 3 is 2.71 bits per heavy atom. The number of carbonyl (C=O) groups excluding carboxylic acids is 1. The predicted octanol–water partition coefficient (Wildman–Crippen LogP) is 3.69. The summed E-state index contributed by atoms with van der Waals surface area (Å²) in [5.74, 6) is -0.0927. The Balaban J connectivity index is 1.38. The van der Waals surface area contributed by atoms with Gasteiger partial charge in [0.05, 0.1) is 18.6 Å². The van der Waals surface area contributed by atoms with Gasteiger partial charge in [0.15, 0.2) is 0 Å². The van der Waals surface area contributed by atoms with E-state index in [1.165, 1.54) is 0 Å². The lowest BCUT2D eigenvalue weighted by molar-refractivity contribution is 0.0951. The number of hydrogen-bond donors (Lipinski definition) is 1. The molecule has 0 aliphatic carbocycles. The number of benzene rings is 1. The summed E-state index contributed by atoms with van der Waals surface area (Å²) < 4.78 is 1.99. The van der Waals surface area contributed by atoms with Crippen LogP contribution in [0.15, 0.2) is 67.5 Å². The highest BCUT2D eigenvalue weighted by molar-refractivity contribution is 7.15. The number of thiazole rings is 1. The third kappa shape index (κ3) is 4.15. The Hall–Kier alpha value is -3.32. The molecule has 0 aliphatic rings. The fourth-order valence-corrected chi connectivity index (χ4v) is 3.81. The zero-order chi connectivity index (χ0) is 19.3. The molecule has 0 fully saturated rings. The number of rotatable bonds is 6. The summed E-state index contributed by atoms with van der Waals surface area (Å²) >= 11 is 1.58. The molecule has 0 bridgehead atoms. The Labute approximate surface area is 166 Å². The van der Waals surface area contributed by atoms with Gasteiger partial charge in [0.1, 0.15) is 5.01 Å². The number of aromatic nitrogens is 4. The molecule has 1 amide bonds. The lowest BCUT2D eigenvalue weighted by atomic mass is 10.1.